The summed E-state index contributed by atoms with van der Waals surface area (Å²) in [5, 5.41) is 11.6. The van der Waals surface area contributed by atoms with Gasteiger partial charge in [-0.2, -0.15) is 4.91 Å². The predicted molar refractivity (Wildman–Crippen MR) is 46.6 cm³/mol. The smallest absolute Gasteiger partial charge is 0.349 e. The van der Waals surface area contributed by atoms with Crippen LogP contribution < -0.4 is 11.2 Å². The highest BCUT2D eigenvalue weighted by Crippen LogP contribution is 2.00. The number of nitrogens with zero attached hydrogens (tertiary/aromatic N) is 3. The van der Waals surface area contributed by atoms with Crippen molar-refractivity contribution in [2.75, 3.05) is 6.54 Å². The molecule has 0 radical (unpaired) electrons. The summed E-state index contributed by atoms with van der Waals surface area (Å²) in [5.74, 6) is -1.02. The molecule has 0 saturated heterocycles. The van der Waals surface area contributed by atoms with Gasteiger partial charge < -0.3 is 10.8 Å². The van der Waals surface area contributed by atoms with Gasteiger partial charge in [-0.1, -0.05) is 0 Å². The second-order valence-corrected chi connectivity index (χ2v) is 2.49. The Labute approximate surface area is 75.5 Å². The van der Waals surface area contributed by atoms with Crippen molar-refractivity contribution in [3.05, 3.63) is 10.4 Å². The van der Waals surface area contributed by atoms with Gasteiger partial charge in [0.15, 0.2) is 6.04 Å². The SMILES string of the molecule is [N-]=[N+]=NN[C@H](CCCCN)C(=O)O. The van der Waals surface area contributed by atoms with E-state index in [4.69, 9.17) is 16.4 Å². The highest BCUT2D eigenvalue weighted by atomic mass is 16.4. The molecule has 7 heteroatoms. The van der Waals surface area contributed by atoms with Gasteiger partial charge in [0.05, 0.1) is 0 Å². The van der Waals surface area contributed by atoms with Gasteiger partial charge in [-0.3, -0.25) is 0 Å². The van der Waals surface area contributed by atoms with Crippen molar-refractivity contribution >= 4 is 5.97 Å². The van der Waals surface area contributed by atoms with Crippen LogP contribution >= 0.6 is 0 Å². The second kappa shape index (κ2) is 7.20. The van der Waals surface area contributed by atoms with Crippen LogP contribution in [0.3, 0.4) is 0 Å². The van der Waals surface area contributed by atoms with Gasteiger partial charge in [-0.15, -0.1) is 5.53 Å². The molecule has 4 N–H and O–H groups in total. The maximum atomic E-state index is 10.5. The maximum absolute atomic E-state index is 10.5. The van der Waals surface area contributed by atoms with Crippen LogP contribution in [0.4, 0.5) is 0 Å². The summed E-state index contributed by atoms with van der Waals surface area (Å²) in [5.41, 5.74) is 15.4. The lowest BCUT2D eigenvalue weighted by Gasteiger charge is -2.06. The highest BCUT2D eigenvalue weighted by molar-refractivity contribution is 5.73. The van der Waals surface area contributed by atoms with E-state index in [9.17, 15) is 4.79 Å². The van der Waals surface area contributed by atoms with E-state index >= 15 is 0 Å². The van der Waals surface area contributed by atoms with Gasteiger partial charge in [0, 0.05) is 0 Å². The van der Waals surface area contributed by atoms with Gasteiger partial charge in [0.2, 0.25) is 0 Å². The van der Waals surface area contributed by atoms with Crippen LogP contribution in [0, 0.1) is 0 Å². The molecule has 0 aliphatic heterocycles. The Balaban J connectivity index is 3.80. The van der Waals surface area contributed by atoms with Crippen LogP contribution in [-0.2, 0) is 4.79 Å². The first-order valence-electron chi connectivity index (χ1n) is 3.95. The van der Waals surface area contributed by atoms with Gasteiger partial charge >= 0.3 is 5.97 Å². The normalized spacial score (nSPS) is 11.5. The van der Waals surface area contributed by atoms with E-state index < -0.39 is 12.0 Å². The van der Waals surface area contributed by atoms with Crippen LogP contribution in [0.5, 0.6) is 0 Å². The molecule has 0 aliphatic carbocycles. The fourth-order valence-electron chi connectivity index (χ4n) is 0.832. The summed E-state index contributed by atoms with van der Waals surface area (Å²) in [6, 6.07) is -0.817. The minimum Gasteiger partial charge on any atom is -0.478 e. The van der Waals surface area contributed by atoms with E-state index in [1.165, 1.54) is 0 Å². The number of nitrogens with one attached hydrogen (secondary N) is 1. The van der Waals surface area contributed by atoms with Gasteiger partial charge in [0.25, 0.3) is 0 Å². The molecule has 0 aromatic carbocycles. The Kier molecular flexibility index (Phi) is 6.39. The van der Waals surface area contributed by atoms with Crippen molar-refractivity contribution in [2.45, 2.75) is 25.3 Å². The Hall–Kier alpha value is -1.46. The van der Waals surface area contributed by atoms with Crippen LogP contribution in [0.25, 0.3) is 10.4 Å². The van der Waals surface area contributed by atoms with Gasteiger partial charge in [-0.25, -0.2) is 10.2 Å². The molecule has 0 saturated carbocycles. The Bertz CT molecular complexity index is 201. The molecule has 0 rings (SSSR count). The molecule has 0 bridgehead atoms. The molecule has 0 aliphatic rings. The standard InChI is InChI=1S/C6H13N5O2/c7-4-2-1-3-5(6(12)13)9-11-10-8/h5,9H,1-4,7H2,(H,12,13)/t5-/m1/s1. The van der Waals surface area contributed by atoms with Crippen molar-refractivity contribution in [3.63, 3.8) is 0 Å². The molecule has 13 heavy (non-hydrogen) atoms. The van der Waals surface area contributed by atoms with Crippen molar-refractivity contribution in [1.29, 1.82) is 0 Å². The fraction of sp³-hybridized carbons (Fsp3) is 0.833. The zero-order valence-electron chi connectivity index (χ0n) is 7.18. The molecule has 0 aromatic rings. The van der Waals surface area contributed by atoms with Crippen LogP contribution in [0.15, 0.2) is 5.22 Å². The second-order valence-electron chi connectivity index (χ2n) is 2.49. The van der Waals surface area contributed by atoms with Crippen LogP contribution in [-0.4, -0.2) is 23.7 Å². The third-order valence-corrected chi connectivity index (χ3v) is 1.50. The first-order chi connectivity index (χ1) is 6.22. The number of hydrogen-bond acceptors (Lipinski definition) is 3. The number of carboxylic acids is 1. The van der Waals surface area contributed by atoms with Crippen molar-refractivity contribution in [3.8, 4) is 0 Å². The molecular weight excluding hydrogens is 174 g/mol. The quantitative estimate of drug-likeness (QED) is 0.175. The molecule has 1 atom stereocenters. The molecular formula is C6H13N5O2. The number of azide groups is 1. The lowest BCUT2D eigenvalue weighted by molar-refractivity contribution is -0.139. The summed E-state index contributed by atoms with van der Waals surface area (Å²) in [6.07, 6.45) is 1.87. The molecule has 0 spiro atoms. The monoisotopic (exact) mass is 187 g/mol. The minimum atomic E-state index is -1.02. The average Bonchev–Trinajstić information content (AvgIpc) is 2.10. The van der Waals surface area contributed by atoms with E-state index in [0.717, 1.165) is 6.42 Å². The van der Waals surface area contributed by atoms with E-state index in [-0.39, 0.29) is 0 Å². The third-order valence-electron chi connectivity index (χ3n) is 1.50. The number of unbranched alkanes of at least 4 members (excludes halogenated alkanes) is 1. The molecule has 0 fully saturated rings. The van der Waals surface area contributed by atoms with E-state index in [1.807, 2.05) is 0 Å². The van der Waals surface area contributed by atoms with Crippen molar-refractivity contribution < 1.29 is 9.90 Å². The summed E-state index contributed by atoms with van der Waals surface area (Å²) in [4.78, 5) is 12.9. The summed E-state index contributed by atoms with van der Waals surface area (Å²) in [6.45, 7) is 0.536. The number of nitrogens with two attached hydrogens (primary N) is 1. The fourth-order valence-corrected chi connectivity index (χ4v) is 0.832. The topological polar surface area (TPSA) is 124 Å². The Morgan fingerprint density at radius 2 is 2.38 bits per heavy atom. The number of hydrogen-bond donors (Lipinski definition) is 3. The number of rotatable bonds is 7. The first kappa shape index (κ1) is 11.5. The molecule has 0 aromatic heterocycles. The van der Waals surface area contributed by atoms with Crippen LogP contribution in [0.1, 0.15) is 19.3 Å². The first-order valence-corrected chi connectivity index (χ1v) is 3.95. The summed E-state index contributed by atoms with van der Waals surface area (Å²) >= 11 is 0. The largest absolute Gasteiger partial charge is 0.478 e. The zero-order valence-corrected chi connectivity index (χ0v) is 7.18. The van der Waals surface area contributed by atoms with Crippen molar-refractivity contribution in [1.82, 2.24) is 5.43 Å². The Morgan fingerprint density at radius 1 is 1.69 bits per heavy atom. The summed E-state index contributed by atoms with van der Waals surface area (Å²) in [7, 11) is 0. The zero-order chi connectivity index (χ0) is 10.1. The molecule has 7 nitrogen and oxygen atoms in total. The predicted octanol–water partition coefficient (Wildman–Crippen LogP) is 0.384. The third kappa shape index (κ3) is 5.77. The van der Waals surface area contributed by atoms with E-state index in [0.29, 0.717) is 19.4 Å². The highest BCUT2D eigenvalue weighted by Gasteiger charge is 2.18. The molecule has 74 valence electrons. The van der Waals surface area contributed by atoms with Gasteiger partial charge in [0.1, 0.15) is 0 Å². The lowest BCUT2D eigenvalue weighted by atomic mass is 10.1. The van der Waals surface area contributed by atoms with E-state index in [1.54, 1.807) is 0 Å². The molecule has 0 heterocycles. The van der Waals surface area contributed by atoms with Gasteiger partial charge in [-0.05, 0) is 31.0 Å². The van der Waals surface area contributed by atoms with E-state index in [2.05, 4.69) is 15.6 Å². The molecule has 0 amide bonds. The molecule has 0 unspecified atom stereocenters. The number of carbonyl (C=O) groups is 1. The average molecular weight is 187 g/mol. The minimum absolute atomic E-state index is 0.408. The number of aliphatic carboxylic acids is 1. The number of carboxylic acid groups (broad SMARTS) is 1. The lowest BCUT2D eigenvalue weighted by Crippen LogP contribution is -2.32. The Morgan fingerprint density at radius 3 is 2.85 bits per heavy atom. The maximum Gasteiger partial charge on any atom is 0.349 e. The summed E-state index contributed by atoms with van der Waals surface area (Å²) < 4.78 is 0. The van der Waals surface area contributed by atoms with Crippen molar-refractivity contribution in [2.24, 2.45) is 11.0 Å². The van der Waals surface area contributed by atoms with Crippen LogP contribution in [0.2, 0.25) is 0 Å².